The van der Waals surface area contributed by atoms with Crippen molar-refractivity contribution in [3.05, 3.63) is 51.5 Å². The lowest BCUT2D eigenvalue weighted by atomic mass is 9.99. The minimum atomic E-state index is -4.37. The third-order valence-corrected chi connectivity index (χ3v) is 4.62. The molecule has 3 rings (SSSR count). The van der Waals surface area contributed by atoms with Crippen molar-refractivity contribution in [1.29, 1.82) is 0 Å². The van der Waals surface area contributed by atoms with Crippen LogP contribution in [0.1, 0.15) is 28.2 Å². The highest BCUT2D eigenvalue weighted by Gasteiger charge is 2.32. The average Bonchev–Trinajstić information content (AvgIpc) is 2.96. The van der Waals surface area contributed by atoms with Gasteiger partial charge in [0.2, 0.25) is 0 Å². The Bertz CT molecular complexity index is 795. The number of halogens is 3. The van der Waals surface area contributed by atoms with Gasteiger partial charge in [0, 0.05) is 23.7 Å². The van der Waals surface area contributed by atoms with Crippen molar-refractivity contribution in [2.75, 3.05) is 11.4 Å². The maximum absolute atomic E-state index is 12.8. The Morgan fingerprint density at radius 2 is 2.17 bits per heavy atom. The monoisotopic (exact) mass is 352 g/mol. The second kappa shape index (κ2) is 6.39. The van der Waals surface area contributed by atoms with E-state index in [1.807, 2.05) is 12.3 Å². The van der Waals surface area contributed by atoms with Crippen LogP contribution in [0.3, 0.4) is 0 Å². The minimum Gasteiger partial charge on any atom is -0.309 e. The molecule has 3 nitrogen and oxygen atoms in total. The number of alkyl halides is 3. The molecule has 7 heteroatoms. The molecule has 2 heterocycles. The Balaban J connectivity index is 1.83. The fourth-order valence-corrected chi connectivity index (χ4v) is 3.29. The van der Waals surface area contributed by atoms with E-state index in [4.69, 9.17) is 0 Å². The number of benzene rings is 1. The molecule has 0 radical (unpaired) electrons. The molecule has 0 spiro atoms. The van der Waals surface area contributed by atoms with Crippen LogP contribution in [-0.2, 0) is 17.4 Å². The summed E-state index contributed by atoms with van der Waals surface area (Å²) < 4.78 is 38.5. The van der Waals surface area contributed by atoms with Gasteiger partial charge in [0.05, 0.1) is 16.3 Å². The Kier molecular flexibility index (Phi) is 4.45. The van der Waals surface area contributed by atoms with Gasteiger partial charge in [-0.15, -0.1) is 11.3 Å². The van der Waals surface area contributed by atoms with Gasteiger partial charge in [-0.2, -0.15) is 13.2 Å². The topological polar surface area (TPSA) is 33.2 Å². The lowest BCUT2D eigenvalue weighted by Crippen LogP contribution is -2.34. The second-order valence-electron chi connectivity index (χ2n) is 5.56. The Labute approximate surface area is 141 Å². The molecule has 0 aliphatic carbocycles. The maximum Gasteiger partial charge on any atom is 0.416 e. The number of carbonyl (C=O) groups excluding carboxylic acids is 1. The van der Waals surface area contributed by atoms with Gasteiger partial charge in [-0.3, -0.25) is 4.79 Å². The van der Waals surface area contributed by atoms with Crippen molar-refractivity contribution in [3.8, 4) is 0 Å². The first-order valence-electron chi connectivity index (χ1n) is 7.46. The summed E-state index contributed by atoms with van der Waals surface area (Å²) >= 11 is 1.49. The first-order valence-corrected chi connectivity index (χ1v) is 8.34. The molecule has 1 aliphatic rings. The number of thiazole rings is 1. The average molecular weight is 352 g/mol. The molecule has 0 unspecified atom stereocenters. The molecule has 126 valence electrons. The molecule has 0 fully saturated rings. The van der Waals surface area contributed by atoms with Crippen LogP contribution in [-0.4, -0.2) is 17.4 Å². The smallest absolute Gasteiger partial charge is 0.309 e. The SMILES string of the molecule is Cc1nc(/C=C/C(=O)N2CCCc3cc(C(F)(F)F)ccc32)cs1. The van der Waals surface area contributed by atoms with Gasteiger partial charge >= 0.3 is 6.18 Å². The van der Waals surface area contributed by atoms with E-state index >= 15 is 0 Å². The Morgan fingerprint density at radius 1 is 1.38 bits per heavy atom. The number of aromatic nitrogens is 1. The van der Waals surface area contributed by atoms with Gasteiger partial charge in [0.15, 0.2) is 0 Å². The summed E-state index contributed by atoms with van der Waals surface area (Å²) in [7, 11) is 0. The van der Waals surface area contributed by atoms with Crippen molar-refractivity contribution in [2.24, 2.45) is 0 Å². The van der Waals surface area contributed by atoms with Crippen molar-refractivity contribution < 1.29 is 18.0 Å². The summed E-state index contributed by atoms with van der Waals surface area (Å²) in [6.07, 6.45) is -0.142. The fraction of sp³-hybridized carbons (Fsp3) is 0.294. The standard InChI is InChI=1S/C17H15F3N2OS/c1-11-21-14(10-24-11)5-7-16(23)22-8-2-3-12-9-13(17(18,19)20)4-6-15(12)22/h4-7,9-10H,2-3,8H2,1H3/b7-5+. The van der Waals surface area contributed by atoms with Gasteiger partial charge in [-0.1, -0.05) is 0 Å². The maximum atomic E-state index is 12.8. The fourth-order valence-electron chi connectivity index (χ4n) is 2.71. The highest BCUT2D eigenvalue weighted by atomic mass is 32.1. The number of amides is 1. The summed E-state index contributed by atoms with van der Waals surface area (Å²) in [6.45, 7) is 2.38. The van der Waals surface area contributed by atoms with E-state index in [1.165, 1.54) is 28.4 Å². The van der Waals surface area contributed by atoms with Crippen LogP contribution in [0.5, 0.6) is 0 Å². The highest BCUT2D eigenvalue weighted by molar-refractivity contribution is 7.09. The molecule has 0 saturated carbocycles. The van der Waals surface area contributed by atoms with E-state index in [1.54, 1.807) is 6.08 Å². The van der Waals surface area contributed by atoms with Gasteiger partial charge in [-0.05, 0) is 49.6 Å². The number of anilines is 1. The van der Waals surface area contributed by atoms with Crippen LogP contribution in [0.4, 0.5) is 18.9 Å². The number of fused-ring (bicyclic) bond motifs is 1. The lowest BCUT2D eigenvalue weighted by molar-refractivity contribution is -0.137. The van der Waals surface area contributed by atoms with E-state index in [0.717, 1.165) is 17.1 Å². The predicted molar refractivity (Wildman–Crippen MR) is 88.0 cm³/mol. The van der Waals surface area contributed by atoms with Crippen LogP contribution in [0, 0.1) is 6.92 Å². The number of hydrogen-bond acceptors (Lipinski definition) is 3. The molecule has 0 saturated heterocycles. The van der Waals surface area contributed by atoms with Crippen molar-refractivity contribution in [1.82, 2.24) is 4.98 Å². The first kappa shape index (κ1) is 16.7. The number of aryl methyl sites for hydroxylation is 2. The second-order valence-corrected chi connectivity index (χ2v) is 6.62. The molecule has 1 amide bonds. The van der Waals surface area contributed by atoms with E-state index in [-0.39, 0.29) is 5.91 Å². The molecule has 1 aromatic carbocycles. The van der Waals surface area contributed by atoms with Crippen molar-refractivity contribution in [3.63, 3.8) is 0 Å². The molecule has 1 aromatic heterocycles. The third-order valence-electron chi connectivity index (χ3n) is 3.82. The molecule has 0 bridgehead atoms. The zero-order valence-electron chi connectivity index (χ0n) is 12.9. The van der Waals surface area contributed by atoms with E-state index in [2.05, 4.69) is 4.98 Å². The zero-order valence-corrected chi connectivity index (χ0v) is 13.7. The molecule has 0 N–H and O–H groups in total. The third kappa shape index (κ3) is 3.51. The van der Waals surface area contributed by atoms with Crippen LogP contribution in [0.25, 0.3) is 6.08 Å². The number of hydrogen-bond donors (Lipinski definition) is 0. The van der Waals surface area contributed by atoms with E-state index in [9.17, 15) is 18.0 Å². The molecule has 2 aromatic rings. The molecular formula is C17H15F3N2OS. The first-order chi connectivity index (χ1) is 11.3. The number of rotatable bonds is 2. The quantitative estimate of drug-likeness (QED) is 0.748. The number of nitrogens with zero attached hydrogens (tertiary/aromatic N) is 2. The summed E-state index contributed by atoms with van der Waals surface area (Å²) in [6, 6.07) is 3.55. The molecule has 24 heavy (non-hydrogen) atoms. The van der Waals surface area contributed by atoms with Gasteiger partial charge in [-0.25, -0.2) is 4.98 Å². The lowest BCUT2D eigenvalue weighted by Gasteiger charge is -2.29. The summed E-state index contributed by atoms with van der Waals surface area (Å²) in [5, 5.41) is 2.75. The molecular weight excluding hydrogens is 337 g/mol. The van der Waals surface area contributed by atoms with Crippen LogP contribution in [0.15, 0.2) is 29.7 Å². The van der Waals surface area contributed by atoms with Gasteiger partial charge in [0.25, 0.3) is 5.91 Å². The van der Waals surface area contributed by atoms with Crippen molar-refractivity contribution in [2.45, 2.75) is 25.9 Å². The van der Waals surface area contributed by atoms with Gasteiger partial charge < -0.3 is 4.90 Å². The zero-order chi connectivity index (χ0) is 17.3. The largest absolute Gasteiger partial charge is 0.416 e. The van der Waals surface area contributed by atoms with E-state index < -0.39 is 11.7 Å². The molecule has 0 atom stereocenters. The van der Waals surface area contributed by atoms with Gasteiger partial charge in [0.1, 0.15) is 0 Å². The van der Waals surface area contributed by atoms with E-state index in [0.29, 0.717) is 36.3 Å². The predicted octanol–water partition coefficient (Wildman–Crippen LogP) is 4.46. The van der Waals surface area contributed by atoms with Crippen LogP contribution in [0.2, 0.25) is 0 Å². The Morgan fingerprint density at radius 3 is 2.83 bits per heavy atom. The summed E-state index contributed by atoms with van der Waals surface area (Å²) in [5.74, 6) is -0.249. The van der Waals surface area contributed by atoms with Crippen LogP contribution >= 0.6 is 11.3 Å². The van der Waals surface area contributed by atoms with Crippen molar-refractivity contribution >= 4 is 29.0 Å². The summed E-state index contributed by atoms with van der Waals surface area (Å²) in [4.78, 5) is 18.2. The normalized spacial score (nSPS) is 14.9. The van der Waals surface area contributed by atoms with Crippen LogP contribution < -0.4 is 4.90 Å². The Hall–Kier alpha value is -2.15. The highest BCUT2D eigenvalue weighted by Crippen LogP contribution is 2.35. The number of carbonyl (C=O) groups is 1. The molecule has 1 aliphatic heterocycles. The minimum absolute atomic E-state index is 0.249. The summed E-state index contributed by atoms with van der Waals surface area (Å²) in [5.41, 5.74) is 1.14.